The van der Waals surface area contributed by atoms with Gasteiger partial charge >= 0.3 is 0 Å². The maximum atomic E-state index is 14.6. The Morgan fingerprint density at radius 3 is 2.44 bits per heavy atom. The van der Waals surface area contributed by atoms with Crippen LogP contribution in [0.25, 0.3) is 0 Å². The van der Waals surface area contributed by atoms with E-state index < -0.39 is 29.6 Å². The smallest absolute Gasteiger partial charge is 0.253 e. The number of amides is 3. The molecule has 2 aromatic rings. The van der Waals surface area contributed by atoms with Crippen molar-refractivity contribution in [2.75, 3.05) is 38.3 Å². The van der Waals surface area contributed by atoms with E-state index in [9.17, 15) is 19.5 Å². The molecule has 2 aromatic carbocycles. The first kappa shape index (κ1) is 30.5. The predicted octanol–water partition coefficient (Wildman–Crippen LogP) is 3.58. The maximum absolute atomic E-state index is 14.6. The molecule has 3 aliphatic rings. The van der Waals surface area contributed by atoms with Gasteiger partial charge < -0.3 is 29.3 Å². The number of methoxy groups -OCH3 is 1. The van der Waals surface area contributed by atoms with E-state index in [2.05, 4.69) is 13.2 Å². The van der Waals surface area contributed by atoms with Crippen molar-refractivity contribution in [1.29, 1.82) is 0 Å². The third kappa shape index (κ3) is 5.59. The molecule has 0 aliphatic carbocycles. The topological polar surface area (TPSA) is 99.6 Å². The number of aliphatic hydroxyl groups excluding tert-OH is 1. The van der Waals surface area contributed by atoms with Gasteiger partial charge in [0.25, 0.3) is 5.91 Å². The molecule has 3 amide bonds. The van der Waals surface area contributed by atoms with Crippen molar-refractivity contribution in [3.8, 4) is 5.75 Å². The lowest BCUT2D eigenvalue weighted by Gasteiger charge is -2.37. The lowest BCUT2D eigenvalue weighted by Crippen LogP contribution is -2.56. The van der Waals surface area contributed by atoms with Crippen molar-refractivity contribution >= 4 is 23.4 Å². The molecule has 3 heterocycles. The summed E-state index contributed by atoms with van der Waals surface area (Å²) >= 11 is 0. The fraction of sp³-hybridized carbons (Fsp3) is 0.441. The summed E-state index contributed by atoms with van der Waals surface area (Å²) in [7, 11) is 1.58. The molecule has 0 radical (unpaired) electrons. The normalized spacial score (nSPS) is 25.3. The van der Waals surface area contributed by atoms with E-state index >= 15 is 0 Å². The number of carbonyl (C=O) groups excluding carboxylic acids is 3. The second-order valence-electron chi connectivity index (χ2n) is 11.4. The van der Waals surface area contributed by atoms with E-state index in [1.54, 1.807) is 58.2 Å². The summed E-state index contributed by atoms with van der Waals surface area (Å²) in [5, 5.41) is 9.46. The Bertz CT molecular complexity index is 1330. The van der Waals surface area contributed by atoms with Gasteiger partial charge in [-0.1, -0.05) is 42.5 Å². The standard InChI is InChI=1S/C34H41N3O6/c1-4-19-35(23-24-11-7-6-8-12-24)31(39)28-27-17-18-34(43-27)29(28)32(40)37(21-9-10-22-38)30(34)33(41)36(20-5-2)25-13-15-26(42-3)16-14-25/h4-8,11-16,27-30,38H,1-2,9-10,17-23H2,3H3/t27-,28+,29-,30?,34?/m0/s1. The summed E-state index contributed by atoms with van der Waals surface area (Å²) in [4.78, 5) is 48.1. The Morgan fingerprint density at radius 2 is 1.79 bits per heavy atom. The van der Waals surface area contributed by atoms with Gasteiger partial charge in [-0.05, 0) is 55.5 Å². The van der Waals surface area contributed by atoms with Crippen LogP contribution in [-0.4, -0.2) is 83.7 Å². The zero-order valence-electron chi connectivity index (χ0n) is 24.8. The molecule has 0 aromatic heterocycles. The molecular formula is C34H41N3O6. The van der Waals surface area contributed by atoms with Gasteiger partial charge in [-0.25, -0.2) is 0 Å². The van der Waals surface area contributed by atoms with Crippen molar-refractivity contribution in [2.24, 2.45) is 11.8 Å². The third-order valence-electron chi connectivity index (χ3n) is 8.97. The molecule has 228 valence electrons. The number of ether oxygens (including phenoxy) is 2. The van der Waals surface area contributed by atoms with Crippen molar-refractivity contribution < 1.29 is 29.0 Å². The van der Waals surface area contributed by atoms with Crippen molar-refractivity contribution in [3.63, 3.8) is 0 Å². The Morgan fingerprint density at radius 1 is 1.07 bits per heavy atom. The van der Waals surface area contributed by atoms with Crippen LogP contribution in [0.4, 0.5) is 5.69 Å². The summed E-state index contributed by atoms with van der Waals surface area (Å²) in [5.74, 6) is -1.47. The lowest BCUT2D eigenvalue weighted by atomic mass is 9.70. The number of nitrogens with zero attached hydrogens (tertiary/aromatic N) is 3. The molecule has 43 heavy (non-hydrogen) atoms. The Balaban J connectivity index is 1.50. The van der Waals surface area contributed by atoms with E-state index in [1.807, 2.05) is 30.3 Å². The summed E-state index contributed by atoms with van der Waals surface area (Å²) in [5.41, 5.74) is 0.512. The molecule has 2 unspecified atom stereocenters. The van der Waals surface area contributed by atoms with Crippen LogP contribution >= 0.6 is 0 Å². The second-order valence-corrected chi connectivity index (χ2v) is 11.4. The van der Waals surface area contributed by atoms with Gasteiger partial charge in [-0.3, -0.25) is 14.4 Å². The lowest BCUT2D eigenvalue weighted by molar-refractivity contribution is -0.145. The summed E-state index contributed by atoms with van der Waals surface area (Å²) in [6.07, 6.45) is 5.01. The molecule has 9 nitrogen and oxygen atoms in total. The highest BCUT2D eigenvalue weighted by Crippen LogP contribution is 2.59. The van der Waals surface area contributed by atoms with Crippen LogP contribution in [0.1, 0.15) is 31.2 Å². The van der Waals surface area contributed by atoms with Gasteiger partial charge in [0.15, 0.2) is 0 Å². The minimum absolute atomic E-state index is 0.0145. The highest BCUT2D eigenvalue weighted by molar-refractivity contribution is 6.05. The van der Waals surface area contributed by atoms with Crippen LogP contribution in [0.5, 0.6) is 5.75 Å². The number of hydrogen-bond acceptors (Lipinski definition) is 6. The second kappa shape index (κ2) is 13.1. The quantitative estimate of drug-likeness (QED) is 0.268. The molecule has 0 saturated carbocycles. The monoisotopic (exact) mass is 587 g/mol. The minimum Gasteiger partial charge on any atom is -0.497 e. The summed E-state index contributed by atoms with van der Waals surface area (Å²) in [6, 6.07) is 16.0. The van der Waals surface area contributed by atoms with Crippen molar-refractivity contribution in [2.45, 2.75) is 50.0 Å². The van der Waals surface area contributed by atoms with Gasteiger partial charge in [-0.2, -0.15) is 0 Å². The first-order valence-electron chi connectivity index (χ1n) is 15.0. The van der Waals surface area contributed by atoms with Gasteiger partial charge in [-0.15, -0.1) is 13.2 Å². The van der Waals surface area contributed by atoms with E-state index in [0.29, 0.717) is 50.2 Å². The SMILES string of the molecule is C=CCN(Cc1ccccc1)C(=O)[C@@H]1[C@@H]2CCC3(O2)C(C(=O)N(CC=C)c2ccc(OC)cc2)N(CCCCO)C(=O)[C@H]13. The number of likely N-dealkylation sites (tertiary alicyclic amines) is 1. The van der Waals surface area contributed by atoms with Crippen LogP contribution in [0.2, 0.25) is 0 Å². The van der Waals surface area contributed by atoms with Crippen LogP contribution in [-0.2, 0) is 25.7 Å². The van der Waals surface area contributed by atoms with E-state index in [1.165, 1.54) is 0 Å². The maximum Gasteiger partial charge on any atom is 0.253 e. The van der Waals surface area contributed by atoms with E-state index in [0.717, 1.165) is 5.56 Å². The summed E-state index contributed by atoms with van der Waals surface area (Å²) < 4.78 is 12.0. The van der Waals surface area contributed by atoms with Crippen LogP contribution in [0.15, 0.2) is 79.9 Å². The van der Waals surface area contributed by atoms with Gasteiger partial charge in [0.2, 0.25) is 11.8 Å². The first-order valence-corrected chi connectivity index (χ1v) is 15.0. The molecule has 5 rings (SSSR count). The van der Waals surface area contributed by atoms with Gasteiger partial charge in [0.1, 0.15) is 17.4 Å². The molecule has 9 heteroatoms. The summed E-state index contributed by atoms with van der Waals surface area (Å²) in [6.45, 7) is 8.94. The zero-order chi connectivity index (χ0) is 30.6. The number of fused-ring (bicyclic) bond motifs is 1. The number of rotatable bonds is 14. The molecule has 3 saturated heterocycles. The number of benzene rings is 2. The first-order chi connectivity index (χ1) is 20.9. The molecule has 1 spiro atoms. The average molecular weight is 588 g/mol. The molecule has 3 fully saturated rings. The molecule has 5 atom stereocenters. The number of anilines is 1. The van der Waals surface area contributed by atoms with Gasteiger partial charge in [0, 0.05) is 38.5 Å². The fourth-order valence-corrected chi connectivity index (χ4v) is 7.11. The van der Waals surface area contributed by atoms with Crippen molar-refractivity contribution in [1.82, 2.24) is 9.80 Å². The molecule has 2 bridgehead atoms. The highest BCUT2D eigenvalue weighted by Gasteiger charge is 2.74. The number of hydrogen-bond donors (Lipinski definition) is 1. The predicted molar refractivity (Wildman–Crippen MR) is 163 cm³/mol. The number of aliphatic hydroxyl groups is 1. The van der Waals surface area contributed by atoms with Crippen LogP contribution in [0.3, 0.4) is 0 Å². The van der Waals surface area contributed by atoms with Crippen molar-refractivity contribution in [3.05, 3.63) is 85.5 Å². The van der Waals surface area contributed by atoms with E-state index in [-0.39, 0.29) is 37.4 Å². The molecular weight excluding hydrogens is 546 g/mol. The largest absolute Gasteiger partial charge is 0.497 e. The Kier molecular flexibility index (Phi) is 9.32. The average Bonchev–Trinajstić information content (AvgIpc) is 3.67. The Hall–Kier alpha value is -3.95. The highest BCUT2D eigenvalue weighted by atomic mass is 16.5. The van der Waals surface area contributed by atoms with Crippen LogP contribution < -0.4 is 9.64 Å². The van der Waals surface area contributed by atoms with E-state index in [4.69, 9.17) is 9.47 Å². The number of carbonyl (C=O) groups is 3. The number of unbranched alkanes of at least 4 members (excludes halogenated alkanes) is 1. The Labute approximate surface area is 253 Å². The fourth-order valence-electron chi connectivity index (χ4n) is 7.11. The van der Waals surface area contributed by atoms with Crippen LogP contribution in [0, 0.1) is 11.8 Å². The minimum atomic E-state index is -1.11. The zero-order valence-corrected chi connectivity index (χ0v) is 24.8. The molecule has 1 N–H and O–H groups in total. The van der Waals surface area contributed by atoms with Gasteiger partial charge in [0.05, 0.1) is 25.0 Å². The molecule has 3 aliphatic heterocycles. The third-order valence-corrected chi connectivity index (χ3v) is 8.97.